The van der Waals surface area contributed by atoms with Gasteiger partial charge in [-0.25, -0.2) is 0 Å². The Balaban J connectivity index is 2.73. The van der Waals surface area contributed by atoms with Gasteiger partial charge in [-0.3, -0.25) is 0 Å². The first-order valence-corrected chi connectivity index (χ1v) is 5.86. The lowest BCUT2D eigenvalue weighted by atomic mass is 9.91. The van der Waals surface area contributed by atoms with Crippen LogP contribution in [0.1, 0.15) is 52.4 Å². The summed E-state index contributed by atoms with van der Waals surface area (Å²) in [6.07, 6.45) is 4.52. The average molecular weight is 220 g/mol. The van der Waals surface area contributed by atoms with E-state index < -0.39 is 11.2 Å². The molecule has 0 fully saturated rings. The van der Waals surface area contributed by atoms with E-state index in [4.69, 9.17) is 0 Å². The third-order valence-electron chi connectivity index (χ3n) is 2.67. The lowest BCUT2D eigenvalue weighted by Gasteiger charge is -2.22. The third kappa shape index (κ3) is 5.21. The molecule has 0 radical (unpaired) electrons. The van der Waals surface area contributed by atoms with Gasteiger partial charge in [-0.2, -0.15) is 0 Å². The Labute approximate surface area is 98.1 Å². The second-order valence-corrected chi connectivity index (χ2v) is 4.86. The van der Waals surface area contributed by atoms with Gasteiger partial charge in [0.25, 0.3) is 0 Å². The van der Waals surface area contributed by atoms with Crippen LogP contribution in [0.5, 0.6) is 0 Å². The molecule has 1 aliphatic rings. The Bertz CT molecular complexity index is 308. The molecule has 0 spiro atoms. The van der Waals surface area contributed by atoms with E-state index in [0.717, 1.165) is 25.7 Å². The van der Waals surface area contributed by atoms with Crippen LogP contribution in [0.2, 0.25) is 0 Å². The van der Waals surface area contributed by atoms with Crippen molar-refractivity contribution in [3.63, 3.8) is 0 Å². The molecule has 0 saturated carbocycles. The van der Waals surface area contributed by atoms with E-state index in [1.807, 2.05) is 0 Å². The van der Waals surface area contributed by atoms with Gasteiger partial charge in [0.2, 0.25) is 0 Å². The van der Waals surface area contributed by atoms with Crippen LogP contribution in [0.4, 0.5) is 0 Å². The molecule has 0 aromatic rings. The zero-order chi connectivity index (χ0) is 12.1. The maximum absolute atomic E-state index is 9.96. The topological polar surface area (TPSA) is 40.5 Å². The zero-order valence-corrected chi connectivity index (χ0v) is 10.1. The van der Waals surface area contributed by atoms with Crippen LogP contribution in [0.3, 0.4) is 0 Å². The summed E-state index contributed by atoms with van der Waals surface area (Å²) in [5.41, 5.74) is -2.02. The molecule has 2 heteroatoms. The smallest absolute Gasteiger partial charge is 0.122 e. The van der Waals surface area contributed by atoms with E-state index in [1.54, 1.807) is 13.8 Å². The van der Waals surface area contributed by atoms with Crippen molar-refractivity contribution in [3.05, 3.63) is 0 Å². The van der Waals surface area contributed by atoms with Gasteiger partial charge < -0.3 is 10.2 Å². The predicted molar refractivity (Wildman–Crippen MR) is 64.5 cm³/mol. The van der Waals surface area contributed by atoms with Crippen LogP contribution in [-0.2, 0) is 0 Å². The monoisotopic (exact) mass is 220 g/mol. The largest absolute Gasteiger partial charge is 0.378 e. The maximum Gasteiger partial charge on any atom is 0.122 e. The fourth-order valence-electron chi connectivity index (χ4n) is 1.54. The molecular weight excluding hydrogens is 200 g/mol. The summed E-state index contributed by atoms with van der Waals surface area (Å²) in [6, 6.07) is 0. The standard InChI is InChI=1S/C14H20O2/c1-13(15)9-7-5-3-4-6-8-10-14(2,16)12-11-13/h15-16H,3-6,11-12H2,1-2H3/t13-,14-/m0/s1. The minimum absolute atomic E-state index is 0.446. The maximum atomic E-state index is 9.96. The first-order chi connectivity index (χ1) is 7.41. The minimum Gasteiger partial charge on any atom is -0.378 e. The fraction of sp³-hybridized carbons (Fsp3) is 0.714. The van der Waals surface area contributed by atoms with Crippen molar-refractivity contribution in [3.8, 4) is 23.7 Å². The molecule has 2 N–H and O–H groups in total. The van der Waals surface area contributed by atoms with Crippen molar-refractivity contribution in [2.75, 3.05) is 0 Å². The van der Waals surface area contributed by atoms with Gasteiger partial charge in [0.1, 0.15) is 11.2 Å². The highest BCUT2D eigenvalue weighted by Gasteiger charge is 2.24. The van der Waals surface area contributed by atoms with Gasteiger partial charge in [-0.15, -0.1) is 11.8 Å². The molecule has 0 aromatic carbocycles. The lowest BCUT2D eigenvalue weighted by Crippen LogP contribution is -2.29. The van der Waals surface area contributed by atoms with E-state index in [1.165, 1.54) is 0 Å². The van der Waals surface area contributed by atoms with Crippen LogP contribution in [0.15, 0.2) is 0 Å². The van der Waals surface area contributed by atoms with Gasteiger partial charge in [0.05, 0.1) is 0 Å². The van der Waals surface area contributed by atoms with Gasteiger partial charge in [0.15, 0.2) is 0 Å². The summed E-state index contributed by atoms with van der Waals surface area (Å²) >= 11 is 0. The minimum atomic E-state index is -1.01. The van der Waals surface area contributed by atoms with Gasteiger partial charge >= 0.3 is 0 Å². The Morgan fingerprint density at radius 3 is 1.56 bits per heavy atom. The summed E-state index contributed by atoms with van der Waals surface area (Å²) < 4.78 is 0. The number of rotatable bonds is 0. The molecule has 1 aliphatic carbocycles. The van der Waals surface area contributed by atoms with Gasteiger partial charge in [-0.1, -0.05) is 11.8 Å². The number of hydrogen-bond acceptors (Lipinski definition) is 2. The molecule has 0 unspecified atom stereocenters. The molecule has 2 atom stereocenters. The van der Waals surface area contributed by atoms with Crippen LogP contribution in [0.25, 0.3) is 0 Å². The fourth-order valence-corrected chi connectivity index (χ4v) is 1.54. The molecule has 0 aliphatic heterocycles. The lowest BCUT2D eigenvalue weighted by molar-refractivity contribution is 0.0581. The van der Waals surface area contributed by atoms with Crippen LogP contribution in [0, 0.1) is 23.7 Å². The van der Waals surface area contributed by atoms with E-state index in [-0.39, 0.29) is 0 Å². The Kier molecular flexibility index (Phi) is 4.42. The van der Waals surface area contributed by atoms with Crippen LogP contribution < -0.4 is 0 Å². The first kappa shape index (κ1) is 13.1. The zero-order valence-electron chi connectivity index (χ0n) is 10.1. The summed E-state index contributed by atoms with van der Waals surface area (Å²) in [5, 5.41) is 19.9. The highest BCUT2D eigenvalue weighted by Crippen LogP contribution is 2.19. The Morgan fingerprint density at radius 1 is 0.812 bits per heavy atom. The number of aliphatic hydroxyl groups is 2. The molecule has 0 bridgehead atoms. The van der Waals surface area contributed by atoms with Crippen LogP contribution >= 0.6 is 0 Å². The SMILES string of the molecule is C[C@]1(O)C#CCCCCC#C[C@](C)(O)CC1. The molecule has 0 heterocycles. The Morgan fingerprint density at radius 2 is 1.19 bits per heavy atom. The van der Waals surface area contributed by atoms with Crippen molar-refractivity contribution < 1.29 is 10.2 Å². The third-order valence-corrected chi connectivity index (χ3v) is 2.67. The molecule has 2 nitrogen and oxygen atoms in total. The molecule has 0 aromatic heterocycles. The average Bonchev–Trinajstić information content (AvgIpc) is 2.18. The van der Waals surface area contributed by atoms with Crippen molar-refractivity contribution in [1.82, 2.24) is 0 Å². The highest BCUT2D eigenvalue weighted by atomic mass is 16.3. The van der Waals surface area contributed by atoms with E-state index in [2.05, 4.69) is 23.7 Å². The first-order valence-electron chi connectivity index (χ1n) is 5.86. The van der Waals surface area contributed by atoms with E-state index in [9.17, 15) is 10.2 Å². The van der Waals surface area contributed by atoms with Crippen molar-refractivity contribution in [2.45, 2.75) is 63.6 Å². The second kappa shape index (κ2) is 5.39. The number of hydrogen-bond donors (Lipinski definition) is 2. The van der Waals surface area contributed by atoms with E-state index in [0.29, 0.717) is 12.8 Å². The van der Waals surface area contributed by atoms with Crippen molar-refractivity contribution >= 4 is 0 Å². The predicted octanol–water partition coefficient (Wildman–Crippen LogP) is 1.85. The Hall–Kier alpha value is -0.960. The van der Waals surface area contributed by atoms with Gasteiger partial charge in [0, 0.05) is 12.8 Å². The van der Waals surface area contributed by atoms with E-state index >= 15 is 0 Å². The summed E-state index contributed by atoms with van der Waals surface area (Å²) in [5.74, 6) is 11.7. The quantitative estimate of drug-likeness (QED) is 0.612. The van der Waals surface area contributed by atoms with Gasteiger partial charge in [-0.05, 0) is 39.5 Å². The molecule has 16 heavy (non-hydrogen) atoms. The summed E-state index contributed by atoms with van der Waals surface area (Å²) in [7, 11) is 0. The second-order valence-electron chi connectivity index (χ2n) is 4.86. The summed E-state index contributed by atoms with van der Waals surface area (Å²) in [6.45, 7) is 3.38. The normalized spacial score (nSPS) is 35.8. The van der Waals surface area contributed by atoms with Crippen molar-refractivity contribution in [2.24, 2.45) is 0 Å². The highest BCUT2D eigenvalue weighted by molar-refractivity contribution is 5.16. The van der Waals surface area contributed by atoms with Crippen molar-refractivity contribution in [1.29, 1.82) is 0 Å². The molecular formula is C14H20O2. The molecule has 88 valence electrons. The molecule has 0 saturated heterocycles. The molecule has 0 amide bonds. The molecule has 1 rings (SSSR count). The van der Waals surface area contributed by atoms with Crippen LogP contribution in [-0.4, -0.2) is 21.4 Å². The summed E-state index contributed by atoms with van der Waals surface area (Å²) in [4.78, 5) is 0.